The fourth-order valence-electron chi connectivity index (χ4n) is 2.59. The van der Waals surface area contributed by atoms with Crippen molar-refractivity contribution in [1.29, 1.82) is 0 Å². The summed E-state index contributed by atoms with van der Waals surface area (Å²) in [7, 11) is 0. The minimum Gasteiger partial charge on any atom is -0.454 e. The van der Waals surface area contributed by atoms with Gasteiger partial charge in [-0.15, -0.1) is 11.3 Å². The van der Waals surface area contributed by atoms with Crippen LogP contribution in [-0.4, -0.2) is 51.8 Å². The third-order valence-corrected chi connectivity index (χ3v) is 5.51. The normalized spacial score (nSPS) is 16.1. The zero-order valence-corrected chi connectivity index (χ0v) is 15.5. The molecule has 27 heavy (non-hydrogen) atoms. The van der Waals surface area contributed by atoms with Crippen LogP contribution < -0.4 is 5.32 Å². The summed E-state index contributed by atoms with van der Waals surface area (Å²) >= 11 is 1.99. The molecule has 3 rings (SSSR count). The van der Waals surface area contributed by atoms with E-state index in [9.17, 15) is 24.5 Å². The van der Waals surface area contributed by atoms with Gasteiger partial charge in [0.2, 0.25) is 0 Å². The van der Waals surface area contributed by atoms with Gasteiger partial charge in [-0.1, -0.05) is 6.07 Å². The molecule has 0 bridgehead atoms. The number of nitrogens with zero attached hydrogens (tertiary/aromatic N) is 3. The molecule has 3 heterocycles. The van der Waals surface area contributed by atoms with E-state index in [1.807, 2.05) is 0 Å². The number of rotatable bonds is 6. The van der Waals surface area contributed by atoms with Gasteiger partial charge >= 0.3 is 11.0 Å². The third-order valence-electron chi connectivity index (χ3n) is 3.78. The maximum atomic E-state index is 12.4. The average Bonchev–Trinajstić information content (AvgIpc) is 3.39. The van der Waals surface area contributed by atoms with Crippen molar-refractivity contribution in [2.24, 2.45) is 0 Å². The van der Waals surface area contributed by atoms with E-state index in [0.29, 0.717) is 35.6 Å². The Morgan fingerprint density at radius 3 is 2.93 bits per heavy atom. The lowest BCUT2D eigenvalue weighted by Crippen LogP contribution is -2.41. The lowest BCUT2D eigenvalue weighted by molar-refractivity contribution is -0.380. The highest BCUT2D eigenvalue weighted by Gasteiger charge is 2.36. The number of nitro groups is 1. The quantitative estimate of drug-likeness (QED) is 0.437. The number of anilines is 1. The minimum atomic E-state index is -0.728. The number of aromatic nitrogens is 1. The lowest BCUT2D eigenvalue weighted by atomic mass is 10.2. The molecule has 1 aliphatic rings. The zero-order valence-electron chi connectivity index (χ0n) is 13.8. The fourth-order valence-corrected chi connectivity index (χ4v) is 3.92. The van der Waals surface area contributed by atoms with Crippen molar-refractivity contribution in [1.82, 2.24) is 9.88 Å². The first-order valence-electron chi connectivity index (χ1n) is 7.87. The van der Waals surface area contributed by atoms with E-state index in [4.69, 9.17) is 4.74 Å². The number of hydrogen-bond acceptors (Lipinski definition) is 9. The van der Waals surface area contributed by atoms with Crippen LogP contribution in [0.1, 0.15) is 22.5 Å². The molecular weight excluding hydrogens is 396 g/mol. The first kappa shape index (κ1) is 18.9. The van der Waals surface area contributed by atoms with Gasteiger partial charge in [-0.05, 0) is 35.6 Å². The van der Waals surface area contributed by atoms with Gasteiger partial charge in [0.05, 0.1) is 9.80 Å². The van der Waals surface area contributed by atoms with Crippen LogP contribution in [-0.2, 0) is 14.3 Å². The maximum absolute atomic E-state index is 12.4. The predicted octanol–water partition coefficient (Wildman–Crippen LogP) is 1.90. The number of ether oxygens (including phenoxy) is 1. The van der Waals surface area contributed by atoms with Crippen LogP contribution >= 0.6 is 22.7 Å². The molecule has 1 unspecified atom stereocenters. The molecule has 0 radical (unpaired) electrons. The molecule has 10 nitrogen and oxygen atoms in total. The summed E-state index contributed by atoms with van der Waals surface area (Å²) < 4.78 is 5.01. The van der Waals surface area contributed by atoms with Gasteiger partial charge in [0.1, 0.15) is 12.2 Å². The van der Waals surface area contributed by atoms with Crippen LogP contribution in [0.15, 0.2) is 23.7 Å². The molecule has 0 aliphatic carbocycles. The van der Waals surface area contributed by atoms with Gasteiger partial charge in [0.25, 0.3) is 11.8 Å². The second-order valence-corrected chi connectivity index (χ2v) is 7.51. The molecule has 1 saturated heterocycles. The smallest absolute Gasteiger partial charge is 0.345 e. The second kappa shape index (κ2) is 8.22. The number of carbonyl (C=O) groups excluding carboxylic acids is 3. The van der Waals surface area contributed by atoms with Gasteiger partial charge in [-0.2, -0.15) is 0 Å². The molecule has 0 spiro atoms. The van der Waals surface area contributed by atoms with Crippen molar-refractivity contribution in [3.8, 4) is 0 Å². The van der Waals surface area contributed by atoms with E-state index < -0.39 is 29.4 Å². The van der Waals surface area contributed by atoms with Gasteiger partial charge < -0.3 is 9.64 Å². The highest BCUT2D eigenvalue weighted by molar-refractivity contribution is 7.18. The molecule has 2 amide bonds. The largest absolute Gasteiger partial charge is 0.454 e. The number of carbonyl (C=O) groups is 3. The Labute approximate surface area is 160 Å². The van der Waals surface area contributed by atoms with E-state index in [-0.39, 0.29) is 16.0 Å². The SMILES string of the molecule is O=C(COC(=O)C1CCCN1C(=O)c1cccs1)Nc1ncc([N+](=O)[O-])s1. The minimum absolute atomic E-state index is 0.0399. The Balaban J connectivity index is 1.52. The number of likely N-dealkylation sites (tertiary alicyclic amines) is 1. The summed E-state index contributed by atoms with van der Waals surface area (Å²) in [4.78, 5) is 52.2. The highest BCUT2D eigenvalue weighted by atomic mass is 32.1. The Kier molecular flexibility index (Phi) is 5.76. The summed E-state index contributed by atoms with van der Waals surface area (Å²) in [5.41, 5.74) is 0. The summed E-state index contributed by atoms with van der Waals surface area (Å²) in [5, 5.41) is 14.5. The van der Waals surface area contributed by atoms with E-state index >= 15 is 0 Å². The first-order chi connectivity index (χ1) is 13.0. The maximum Gasteiger partial charge on any atom is 0.345 e. The summed E-state index contributed by atoms with van der Waals surface area (Å²) in [6, 6.07) is 2.72. The molecular formula is C15H14N4O6S2. The van der Waals surface area contributed by atoms with E-state index in [1.165, 1.54) is 16.2 Å². The van der Waals surface area contributed by atoms with Crippen LogP contribution in [0.2, 0.25) is 0 Å². The molecule has 1 N–H and O–H groups in total. The monoisotopic (exact) mass is 410 g/mol. The third kappa shape index (κ3) is 4.46. The Morgan fingerprint density at radius 1 is 1.44 bits per heavy atom. The molecule has 2 aromatic heterocycles. The Morgan fingerprint density at radius 2 is 2.26 bits per heavy atom. The highest BCUT2D eigenvalue weighted by Crippen LogP contribution is 2.25. The molecule has 1 fully saturated rings. The van der Waals surface area contributed by atoms with Gasteiger partial charge in [0.15, 0.2) is 11.7 Å². The molecule has 2 aromatic rings. The molecule has 12 heteroatoms. The molecule has 1 atom stereocenters. The van der Waals surface area contributed by atoms with Crippen LogP contribution in [0.3, 0.4) is 0 Å². The number of thiophene rings is 1. The summed E-state index contributed by atoms with van der Waals surface area (Å²) in [6.45, 7) is -0.116. The first-order valence-corrected chi connectivity index (χ1v) is 9.56. The molecule has 0 aromatic carbocycles. The summed E-state index contributed by atoms with van der Waals surface area (Å²) in [6.07, 6.45) is 2.17. The van der Waals surface area contributed by atoms with E-state index in [2.05, 4.69) is 10.3 Å². The predicted molar refractivity (Wildman–Crippen MR) is 96.7 cm³/mol. The fraction of sp³-hybridized carbons (Fsp3) is 0.333. The molecule has 142 valence electrons. The van der Waals surface area contributed by atoms with Crippen LogP contribution in [0, 0.1) is 10.1 Å². The van der Waals surface area contributed by atoms with Crippen molar-refractivity contribution >= 4 is 50.6 Å². The van der Waals surface area contributed by atoms with Crippen LogP contribution in [0.4, 0.5) is 10.1 Å². The number of amides is 2. The van der Waals surface area contributed by atoms with Gasteiger partial charge in [-0.3, -0.25) is 25.0 Å². The van der Waals surface area contributed by atoms with Crippen molar-refractivity contribution in [3.63, 3.8) is 0 Å². The van der Waals surface area contributed by atoms with Crippen LogP contribution in [0.25, 0.3) is 0 Å². The second-order valence-electron chi connectivity index (χ2n) is 5.55. The number of nitrogens with one attached hydrogen (secondary N) is 1. The Bertz CT molecular complexity index is 866. The standard InChI is InChI=1S/C15H14N4O6S2/c20-11(17-15-16-7-12(27-15)19(23)24)8-25-14(22)9-3-1-5-18(9)13(21)10-4-2-6-26-10/h2,4,6-7,9H,1,3,5,8H2,(H,16,17,20). The van der Waals surface area contributed by atoms with E-state index in [1.54, 1.807) is 17.5 Å². The summed E-state index contributed by atoms with van der Waals surface area (Å²) in [5.74, 6) is -1.55. The van der Waals surface area contributed by atoms with Crippen molar-refractivity contribution in [3.05, 3.63) is 38.7 Å². The van der Waals surface area contributed by atoms with Crippen molar-refractivity contribution in [2.45, 2.75) is 18.9 Å². The number of thiazole rings is 1. The molecule has 0 saturated carbocycles. The zero-order chi connectivity index (χ0) is 19.4. The topological polar surface area (TPSA) is 132 Å². The number of esters is 1. The Hall–Kier alpha value is -2.86. The van der Waals surface area contributed by atoms with Crippen molar-refractivity contribution < 1.29 is 24.0 Å². The van der Waals surface area contributed by atoms with Gasteiger partial charge in [-0.25, -0.2) is 9.78 Å². The van der Waals surface area contributed by atoms with Gasteiger partial charge in [0, 0.05) is 6.54 Å². The molecule has 1 aliphatic heterocycles. The lowest BCUT2D eigenvalue weighted by Gasteiger charge is -2.22. The average molecular weight is 410 g/mol. The van der Waals surface area contributed by atoms with Crippen molar-refractivity contribution in [2.75, 3.05) is 18.5 Å². The van der Waals surface area contributed by atoms with E-state index in [0.717, 1.165) is 6.20 Å². The number of hydrogen-bond donors (Lipinski definition) is 1. The van der Waals surface area contributed by atoms with Crippen LogP contribution in [0.5, 0.6) is 0 Å².